The van der Waals surface area contributed by atoms with Gasteiger partial charge in [-0.05, 0) is 24.3 Å². The topological polar surface area (TPSA) is 55.0 Å². The first kappa shape index (κ1) is 15.6. The van der Waals surface area contributed by atoms with Gasteiger partial charge in [-0.3, -0.25) is 0 Å². The molecule has 6 heteroatoms. The van der Waals surface area contributed by atoms with E-state index in [0.717, 1.165) is 17.1 Å². The Kier molecular flexibility index (Phi) is 4.69. The van der Waals surface area contributed by atoms with Crippen molar-refractivity contribution in [3.05, 3.63) is 59.4 Å². The summed E-state index contributed by atoms with van der Waals surface area (Å²) in [6, 6.07) is 13.6. The largest absolute Gasteiger partial charge is 0.394 e. The lowest BCUT2D eigenvalue weighted by molar-refractivity contribution is 0.270. The highest BCUT2D eigenvalue weighted by atomic mass is 35.5. The van der Waals surface area contributed by atoms with Crippen LogP contribution in [-0.4, -0.2) is 26.1 Å². The predicted molar refractivity (Wildman–Crippen MR) is 92.5 cm³/mol. The van der Waals surface area contributed by atoms with Crippen molar-refractivity contribution in [2.75, 3.05) is 11.9 Å². The van der Waals surface area contributed by atoms with E-state index in [-0.39, 0.29) is 6.61 Å². The van der Waals surface area contributed by atoms with Gasteiger partial charge < -0.3 is 15.0 Å². The SMILES string of the molecule is Cn1cccc1CNc1cc(-c2ccc(Cl)cc2)nn1CCO. The number of aryl methyl sites for hydroxylation is 1. The van der Waals surface area contributed by atoms with Gasteiger partial charge in [0.05, 0.1) is 25.4 Å². The molecule has 2 aromatic heterocycles. The van der Waals surface area contributed by atoms with Gasteiger partial charge in [0.1, 0.15) is 5.82 Å². The molecule has 0 atom stereocenters. The third-order valence-corrected chi connectivity index (χ3v) is 3.99. The first-order valence-electron chi connectivity index (χ1n) is 7.46. The van der Waals surface area contributed by atoms with Crippen LogP contribution in [0.1, 0.15) is 5.69 Å². The second-order valence-electron chi connectivity index (χ2n) is 5.33. The van der Waals surface area contributed by atoms with Crippen molar-refractivity contribution >= 4 is 17.4 Å². The molecule has 0 aliphatic heterocycles. The highest BCUT2D eigenvalue weighted by Crippen LogP contribution is 2.24. The molecular weight excluding hydrogens is 312 g/mol. The summed E-state index contributed by atoms with van der Waals surface area (Å²) in [5.41, 5.74) is 3.02. The molecule has 0 aliphatic carbocycles. The van der Waals surface area contributed by atoms with Crippen molar-refractivity contribution < 1.29 is 5.11 Å². The molecule has 0 amide bonds. The lowest BCUT2D eigenvalue weighted by Gasteiger charge is -2.09. The van der Waals surface area contributed by atoms with Crippen LogP contribution in [0.2, 0.25) is 5.02 Å². The number of aromatic nitrogens is 3. The zero-order chi connectivity index (χ0) is 16.2. The van der Waals surface area contributed by atoms with E-state index in [1.54, 1.807) is 4.68 Å². The predicted octanol–water partition coefficient (Wildman–Crippen LogP) is 3.15. The first-order chi connectivity index (χ1) is 11.2. The maximum Gasteiger partial charge on any atom is 0.125 e. The fourth-order valence-electron chi connectivity index (χ4n) is 2.45. The van der Waals surface area contributed by atoms with Crippen LogP contribution in [0.25, 0.3) is 11.3 Å². The number of anilines is 1. The van der Waals surface area contributed by atoms with Crippen molar-refractivity contribution in [3.8, 4) is 11.3 Å². The number of aliphatic hydroxyl groups excluding tert-OH is 1. The Morgan fingerprint density at radius 2 is 2.00 bits per heavy atom. The Morgan fingerprint density at radius 1 is 1.22 bits per heavy atom. The standard InChI is InChI=1S/C17H19ClN4O/c1-21-8-2-3-15(21)12-19-17-11-16(20-22(17)9-10-23)13-4-6-14(18)7-5-13/h2-8,11,19,23H,9-10,12H2,1H3. The molecule has 120 valence electrons. The number of rotatable bonds is 6. The third-order valence-electron chi connectivity index (χ3n) is 3.73. The highest BCUT2D eigenvalue weighted by molar-refractivity contribution is 6.30. The van der Waals surface area contributed by atoms with E-state index in [1.807, 2.05) is 49.6 Å². The van der Waals surface area contributed by atoms with Gasteiger partial charge in [-0.15, -0.1) is 0 Å². The van der Waals surface area contributed by atoms with Gasteiger partial charge in [0.2, 0.25) is 0 Å². The number of hydrogen-bond donors (Lipinski definition) is 2. The normalized spacial score (nSPS) is 10.9. The van der Waals surface area contributed by atoms with Crippen LogP contribution in [-0.2, 0) is 20.1 Å². The summed E-state index contributed by atoms with van der Waals surface area (Å²) in [6.07, 6.45) is 2.02. The summed E-state index contributed by atoms with van der Waals surface area (Å²) in [6.45, 7) is 1.18. The Hall–Kier alpha value is -2.24. The van der Waals surface area contributed by atoms with E-state index >= 15 is 0 Å². The average molecular weight is 331 g/mol. The summed E-state index contributed by atoms with van der Waals surface area (Å²) in [5, 5.41) is 17.9. The van der Waals surface area contributed by atoms with Crippen molar-refractivity contribution in [1.29, 1.82) is 0 Å². The molecule has 0 unspecified atom stereocenters. The van der Waals surface area contributed by atoms with Crippen LogP contribution in [0.5, 0.6) is 0 Å². The second-order valence-corrected chi connectivity index (χ2v) is 5.77. The maximum absolute atomic E-state index is 9.25. The summed E-state index contributed by atoms with van der Waals surface area (Å²) >= 11 is 5.93. The molecule has 2 N–H and O–H groups in total. The number of aliphatic hydroxyl groups is 1. The second kappa shape index (κ2) is 6.89. The molecule has 0 fully saturated rings. The molecule has 0 radical (unpaired) electrons. The lowest BCUT2D eigenvalue weighted by atomic mass is 10.1. The fraction of sp³-hybridized carbons (Fsp3) is 0.235. The highest BCUT2D eigenvalue weighted by Gasteiger charge is 2.10. The van der Waals surface area contributed by atoms with Crippen LogP contribution < -0.4 is 5.32 Å². The molecule has 5 nitrogen and oxygen atoms in total. The van der Waals surface area contributed by atoms with E-state index in [9.17, 15) is 5.11 Å². The lowest BCUT2D eigenvalue weighted by Crippen LogP contribution is -2.11. The molecule has 0 spiro atoms. The molecule has 0 saturated heterocycles. The van der Waals surface area contributed by atoms with Crippen LogP contribution in [0.3, 0.4) is 0 Å². The van der Waals surface area contributed by atoms with Crippen LogP contribution >= 0.6 is 11.6 Å². The van der Waals surface area contributed by atoms with Crippen LogP contribution in [0, 0.1) is 0 Å². The molecule has 0 bridgehead atoms. The monoisotopic (exact) mass is 330 g/mol. The zero-order valence-corrected chi connectivity index (χ0v) is 13.7. The van der Waals surface area contributed by atoms with Gasteiger partial charge in [-0.25, -0.2) is 4.68 Å². The van der Waals surface area contributed by atoms with Crippen LogP contribution in [0.4, 0.5) is 5.82 Å². The molecule has 23 heavy (non-hydrogen) atoms. The zero-order valence-electron chi connectivity index (χ0n) is 12.9. The van der Waals surface area contributed by atoms with E-state index < -0.39 is 0 Å². The molecular formula is C17H19ClN4O. The van der Waals surface area contributed by atoms with Gasteiger partial charge >= 0.3 is 0 Å². The average Bonchev–Trinajstić information content (AvgIpc) is 3.13. The van der Waals surface area contributed by atoms with E-state index in [1.165, 1.54) is 5.69 Å². The number of nitrogens with one attached hydrogen (secondary N) is 1. The third kappa shape index (κ3) is 3.57. The summed E-state index contributed by atoms with van der Waals surface area (Å²) in [5.74, 6) is 0.880. The minimum atomic E-state index is 0.0422. The van der Waals surface area contributed by atoms with Crippen molar-refractivity contribution in [2.24, 2.45) is 7.05 Å². The van der Waals surface area contributed by atoms with Crippen molar-refractivity contribution in [3.63, 3.8) is 0 Å². The van der Waals surface area contributed by atoms with Crippen molar-refractivity contribution in [1.82, 2.24) is 14.3 Å². The molecule has 3 aromatic rings. The van der Waals surface area contributed by atoms with E-state index in [0.29, 0.717) is 18.1 Å². The first-order valence-corrected chi connectivity index (χ1v) is 7.84. The van der Waals surface area contributed by atoms with Crippen LogP contribution in [0.15, 0.2) is 48.7 Å². The Bertz CT molecular complexity index is 776. The van der Waals surface area contributed by atoms with E-state index in [4.69, 9.17) is 11.6 Å². The molecule has 2 heterocycles. The Labute approximate surface area is 140 Å². The number of halogens is 1. The Morgan fingerprint density at radius 3 is 2.65 bits per heavy atom. The van der Waals surface area contributed by atoms with Crippen molar-refractivity contribution in [2.45, 2.75) is 13.1 Å². The minimum Gasteiger partial charge on any atom is -0.394 e. The molecule has 0 aliphatic rings. The van der Waals surface area contributed by atoms with Gasteiger partial charge in [0, 0.05) is 35.6 Å². The van der Waals surface area contributed by atoms with Gasteiger partial charge in [0.15, 0.2) is 0 Å². The minimum absolute atomic E-state index is 0.0422. The van der Waals surface area contributed by atoms with Gasteiger partial charge in [0.25, 0.3) is 0 Å². The molecule has 3 rings (SSSR count). The molecule has 0 saturated carbocycles. The Balaban J connectivity index is 1.83. The number of hydrogen-bond acceptors (Lipinski definition) is 3. The summed E-state index contributed by atoms with van der Waals surface area (Å²) in [4.78, 5) is 0. The van der Waals surface area contributed by atoms with Gasteiger partial charge in [-0.1, -0.05) is 23.7 Å². The summed E-state index contributed by atoms with van der Waals surface area (Å²) < 4.78 is 3.85. The maximum atomic E-state index is 9.25. The molecule has 1 aromatic carbocycles. The quantitative estimate of drug-likeness (QED) is 0.730. The van der Waals surface area contributed by atoms with E-state index in [2.05, 4.69) is 21.0 Å². The number of nitrogens with zero attached hydrogens (tertiary/aromatic N) is 3. The summed E-state index contributed by atoms with van der Waals surface area (Å²) in [7, 11) is 2.02. The fourth-order valence-corrected chi connectivity index (χ4v) is 2.57. The number of benzene rings is 1. The van der Waals surface area contributed by atoms with Gasteiger partial charge in [-0.2, -0.15) is 5.10 Å². The smallest absolute Gasteiger partial charge is 0.125 e.